The summed E-state index contributed by atoms with van der Waals surface area (Å²) >= 11 is 0. The number of hydrogen-bond acceptors (Lipinski definition) is 2. The van der Waals surface area contributed by atoms with Gasteiger partial charge in [0.15, 0.2) is 5.78 Å². The summed E-state index contributed by atoms with van der Waals surface area (Å²) in [5, 5.41) is 8.67. The molecule has 0 unspecified atom stereocenters. The lowest BCUT2D eigenvalue weighted by Crippen LogP contribution is -1.98. The van der Waals surface area contributed by atoms with Gasteiger partial charge in [0, 0.05) is 12.0 Å². The summed E-state index contributed by atoms with van der Waals surface area (Å²) in [5.41, 5.74) is 3.56. The van der Waals surface area contributed by atoms with Gasteiger partial charge in [0.2, 0.25) is 0 Å². The predicted molar refractivity (Wildman–Crippen MR) is 77.8 cm³/mol. The van der Waals surface area contributed by atoms with Crippen LogP contribution in [0.4, 0.5) is 0 Å². The Morgan fingerprint density at radius 1 is 1.00 bits per heavy atom. The highest BCUT2D eigenvalue weighted by Crippen LogP contribution is 2.24. The van der Waals surface area contributed by atoms with E-state index >= 15 is 0 Å². The molecule has 0 aliphatic carbocycles. The molecule has 0 heterocycles. The van der Waals surface area contributed by atoms with Gasteiger partial charge in [-0.25, -0.2) is 0 Å². The number of hydrogen-bond donors (Lipinski definition) is 1. The lowest BCUT2D eigenvalue weighted by Gasteiger charge is -2.08. The predicted octanol–water partition coefficient (Wildman–Crippen LogP) is 3.57. The first-order chi connectivity index (χ1) is 9.58. The van der Waals surface area contributed by atoms with Crippen LogP contribution in [0.1, 0.15) is 29.3 Å². The van der Waals surface area contributed by atoms with Crippen LogP contribution in [0.3, 0.4) is 0 Å². The number of aliphatic carboxylic acids is 1. The maximum Gasteiger partial charge on any atom is 0.303 e. The van der Waals surface area contributed by atoms with Crippen LogP contribution in [0.25, 0.3) is 11.1 Å². The Bertz CT molecular complexity index is 627. The molecule has 2 aromatic carbocycles. The van der Waals surface area contributed by atoms with Gasteiger partial charge in [-0.3, -0.25) is 9.59 Å². The minimum absolute atomic E-state index is 0.0375. The number of aryl methyl sites for hydroxylation is 1. The number of carboxylic acids is 1. The molecule has 3 nitrogen and oxygen atoms in total. The van der Waals surface area contributed by atoms with Crippen molar-refractivity contribution in [1.29, 1.82) is 0 Å². The van der Waals surface area contributed by atoms with Crippen molar-refractivity contribution >= 4 is 11.8 Å². The molecule has 0 radical (unpaired) electrons. The average molecular weight is 268 g/mol. The van der Waals surface area contributed by atoms with E-state index in [9.17, 15) is 9.59 Å². The van der Waals surface area contributed by atoms with Crippen LogP contribution in [-0.2, 0) is 11.2 Å². The summed E-state index contributed by atoms with van der Waals surface area (Å²) in [6, 6.07) is 15.2. The molecule has 0 fully saturated rings. The number of rotatable bonds is 5. The Kier molecular flexibility index (Phi) is 4.31. The quantitative estimate of drug-likeness (QED) is 0.843. The zero-order valence-corrected chi connectivity index (χ0v) is 11.3. The minimum atomic E-state index is -0.795. The number of benzene rings is 2. The third-order valence-corrected chi connectivity index (χ3v) is 3.20. The highest BCUT2D eigenvalue weighted by molar-refractivity contribution is 6.00. The molecule has 0 atom stereocenters. The van der Waals surface area contributed by atoms with Gasteiger partial charge in [-0.15, -0.1) is 0 Å². The second-order valence-electron chi connectivity index (χ2n) is 4.69. The van der Waals surface area contributed by atoms with E-state index in [1.165, 1.54) is 0 Å². The van der Waals surface area contributed by atoms with Crippen molar-refractivity contribution in [2.75, 3.05) is 0 Å². The van der Waals surface area contributed by atoms with Crippen LogP contribution >= 0.6 is 0 Å². The molecule has 2 aromatic rings. The highest BCUT2D eigenvalue weighted by Gasteiger charge is 2.08. The van der Waals surface area contributed by atoms with Crippen LogP contribution in [0.15, 0.2) is 48.5 Å². The fourth-order valence-corrected chi connectivity index (χ4v) is 2.14. The van der Waals surface area contributed by atoms with Gasteiger partial charge in [0.1, 0.15) is 0 Å². The maximum absolute atomic E-state index is 11.6. The van der Waals surface area contributed by atoms with E-state index in [1.807, 2.05) is 48.5 Å². The fraction of sp³-hybridized carbons (Fsp3) is 0.176. The van der Waals surface area contributed by atoms with Crippen LogP contribution in [-0.4, -0.2) is 16.9 Å². The summed E-state index contributed by atoms with van der Waals surface area (Å²) in [4.78, 5) is 22.2. The van der Waals surface area contributed by atoms with Crippen LogP contribution in [0.5, 0.6) is 0 Å². The normalized spacial score (nSPS) is 10.2. The van der Waals surface area contributed by atoms with E-state index in [1.54, 1.807) is 6.92 Å². The van der Waals surface area contributed by atoms with Gasteiger partial charge in [-0.1, -0.05) is 48.5 Å². The van der Waals surface area contributed by atoms with Crippen LogP contribution < -0.4 is 0 Å². The van der Waals surface area contributed by atoms with Crippen molar-refractivity contribution in [3.8, 4) is 11.1 Å². The zero-order chi connectivity index (χ0) is 14.5. The second kappa shape index (κ2) is 6.15. The van der Waals surface area contributed by atoms with Crippen LogP contribution in [0.2, 0.25) is 0 Å². The Morgan fingerprint density at radius 3 is 2.25 bits per heavy atom. The number of carbonyl (C=O) groups excluding carboxylic acids is 1. The van der Waals surface area contributed by atoms with Gasteiger partial charge in [0.05, 0.1) is 0 Å². The molecule has 2 rings (SSSR count). The molecule has 0 saturated carbocycles. The van der Waals surface area contributed by atoms with E-state index in [4.69, 9.17) is 5.11 Å². The van der Waals surface area contributed by atoms with E-state index < -0.39 is 5.97 Å². The molecule has 0 aliphatic heterocycles. The molecule has 20 heavy (non-hydrogen) atoms. The monoisotopic (exact) mass is 268 g/mol. The van der Waals surface area contributed by atoms with Crippen molar-refractivity contribution in [2.24, 2.45) is 0 Å². The highest BCUT2D eigenvalue weighted by atomic mass is 16.4. The topological polar surface area (TPSA) is 54.4 Å². The molecule has 0 amide bonds. The van der Waals surface area contributed by atoms with Gasteiger partial charge < -0.3 is 5.11 Å². The SMILES string of the molecule is CC(=O)c1ccccc1-c1ccc(CCC(=O)O)cc1. The molecule has 0 saturated heterocycles. The minimum Gasteiger partial charge on any atom is -0.481 e. The van der Waals surface area contributed by atoms with Crippen molar-refractivity contribution in [1.82, 2.24) is 0 Å². The zero-order valence-electron chi connectivity index (χ0n) is 11.3. The van der Waals surface area contributed by atoms with E-state index in [2.05, 4.69) is 0 Å². The van der Waals surface area contributed by atoms with E-state index in [0.29, 0.717) is 12.0 Å². The number of carboxylic acid groups (broad SMARTS) is 1. The number of ketones is 1. The van der Waals surface area contributed by atoms with Crippen LogP contribution in [0, 0.1) is 0 Å². The summed E-state index contributed by atoms with van der Waals surface area (Å²) < 4.78 is 0. The number of carbonyl (C=O) groups is 2. The standard InChI is InChI=1S/C17H16O3/c1-12(18)15-4-2-3-5-16(15)14-9-6-13(7-10-14)8-11-17(19)20/h2-7,9-10H,8,11H2,1H3,(H,19,20). The summed E-state index contributed by atoms with van der Waals surface area (Å²) in [6.45, 7) is 1.56. The first-order valence-electron chi connectivity index (χ1n) is 6.49. The molecule has 0 spiro atoms. The van der Waals surface area contributed by atoms with Crippen molar-refractivity contribution in [2.45, 2.75) is 19.8 Å². The molecule has 102 valence electrons. The van der Waals surface area contributed by atoms with E-state index in [0.717, 1.165) is 16.7 Å². The van der Waals surface area contributed by atoms with Gasteiger partial charge in [0.25, 0.3) is 0 Å². The summed E-state index contributed by atoms with van der Waals surface area (Å²) in [6.07, 6.45) is 0.646. The van der Waals surface area contributed by atoms with Gasteiger partial charge in [-0.05, 0) is 30.0 Å². The molecule has 0 aliphatic rings. The molecule has 0 bridgehead atoms. The summed E-state index contributed by atoms with van der Waals surface area (Å²) in [5.74, 6) is -0.758. The fourth-order valence-electron chi connectivity index (χ4n) is 2.14. The Morgan fingerprint density at radius 2 is 1.65 bits per heavy atom. The lowest BCUT2D eigenvalue weighted by atomic mass is 9.96. The van der Waals surface area contributed by atoms with Gasteiger partial charge >= 0.3 is 5.97 Å². The lowest BCUT2D eigenvalue weighted by molar-refractivity contribution is -0.136. The first-order valence-corrected chi connectivity index (χ1v) is 6.49. The molecular formula is C17H16O3. The summed E-state index contributed by atoms with van der Waals surface area (Å²) in [7, 11) is 0. The number of Topliss-reactive ketones (excluding diaryl/α,β-unsaturated/α-hetero) is 1. The molecule has 1 N–H and O–H groups in total. The van der Waals surface area contributed by atoms with Crippen molar-refractivity contribution in [3.05, 3.63) is 59.7 Å². The molecule has 0 aromatic heterocycles. The smallest absolute Gasteiger partial charge is 0.303 e. The average Bonchev–Trinajstić information content (AvgIpc) is 2.45. The van der Waals surface area contributed by atoms with Crippen molar-refractivity contribution in [3.63, 3.8) is 0 Å². The Labute approximate surface area is 117 Å². The third kappa shape index (κ3) is 3.32. The first kappa shape index (κ1) is 14.0. The van der Waals surface area contributed by atoms with Crippen molar-refractivity contribution < 1.29 is 14.7 Å². The second-order valence-corrected chi connectivity index (χ2v) is 4.69. The Balaban J connectivity index is 2.26. The molecule has 3 heteroatoms. The van der Waals surface area contributed by atoms with Gasteiger partial charge in [-0.2, -0.15) is 0 Å². The largest absolute Gasteiger partial charge is 0.481 e. The Hall–Kier alpha value is -2.42. The molecular weight excluding hydrogens is 252 g/mol. The van der Waals surface area contributed by atoms with E-state index in [-0.39, 0.29) is 12.2 Å². The maximum atomic E-state index is 11.6. The third-order valence-electron chi connectivity index (χ3n) is 3.20.